The third kappa shape index (κ3) is 3.80. The van der Waals surface area contributed by atoms with Crippen molar-refractivity contribution in [2.24, 2.45) is 7.05 Å². The third-order valence-corrected chi connectivity index (χ3v) is 4.62. The molecule has 122 valence electrons. The Labute approximate surface area is 141 Å². The molecule has 0 N–H and O–H groups in total. The Morgan fingerprint density at radius 3 is 2.65 bits per heavy atom. The van der Waals surface area contributed by atoms with Gasteiger partial charge in [0.15, 0.2) is 0 Å². The molecule has 1 amide bonds. The first kappa shape index (κ1) is 17.2. The number of rotatable bonds is 6. The number of aromatic nitrogens is 1. The summed E-state index contributed by atoms with van der Waals surface area (Å²) in [4.78, 5) is 35.4. The molecule has 7 nitrogen and oxygen atoms in total. The summed E-state index contributed by atoms with van der Waals surface area (Å²) in [7, 11) is 1.80. The maximum absolute atomic E-state index is 12.4. The standard InChI is InChI=1S/C14H14N2O5S2/c1-15-6-2-3-8(15)7-10-12(19)16(14(22)23-10)9(13(20)21)4-5-11(17)18/h2-3,6-7,9H,4-5H2,1H3,(H,17,18)(H,20,21)/p-2/b10-7-/t9-/m0/s1. The summed E-state index contributed by atoms with van der Waals surface area (Å²) in [6.45, 7) is 0. The molecule has 1 atom stereocenters. The van der Waals surface area contributed by atoms with Gasteiger partial charge in [-0.15, -0.1) is 0 Å². The van der Waals surface area contributed by atoms with E-state index < -0.39 is 30.3 Å². The summed E-state index contributed by atoms with van der Waals surface area (Å²) in [6.07, 6.45) is 2.57. The zero-order valence-corrected chi connectivity index (χ0v) is 13.7. The lowest BCUT2D eigenvalue weighted by Crippen LogP contribution is -2.50. The van der Waals surface area contributed by atoms with Crippen LogP contribution in [-0.4, -0.2) is 37.7 Å². The van der Waals surface area contributed by atoms with Crippen LogP contribution in [0.5, 0.6) is 0 Å². The fourth-order valence-corrected chi connectivity index (χ4v) is 3.46. The molecule has 0 radical (unpaired) electrons. The lowest BCUT2D eigenvalue weighted by atomic mass is 10.1. The van der Waals surface area contributed by atoms with E-state index in [-0.39, 0.29) is 15.6 Å². The number of carboxylic acid groups (broad SMARTS) is 2. The first-order chi connectivity index (χ1) is 10.8. The minimum atomic E-state index is -1.55. The number of amides is 1. The SMILES string of the molecule is Cn1cccc1/C=C1\SC(=S)N([C@@H](CCC(=O)[O-])C(=O)[O-])C1=O. The van der Waals surface area contributed by atoms with E-state index in [1.807, 2.05) is 0 Å². The number of aliphatic carboxylic acids is 2. The van der Waals surface area contributed by atoms with Gasteiger partial charge in [0.05, 0.1) is 16.9 Å². The zero-order chi connectivity index (χ0) is 17.1. The third-order valence-electron chi connectivity index (χ3n) is 3.29. The van der Waals surface area contributed by atoms with Crippen molar-refractivity contribution < 1.29 is 24.6 Å². The first-order valence-corrected chi connectivity index (χ1v) is 7.83. The average Bonchev–Trinajstić information content (AvgIpc) is 2.97. The van der Waals surface area contributed by atoms with Gasteiger partial charge in [0.1, 0.15) is 4.32 Å². The number of aryl methyl sites for hydroxylation is 1. The van der Waals surface area contributed by atoms with Crippen LogP contribution in [0.3, 0.4) is 0 Å². The summed E-state index contributed by atoms with van der Waals surface area (Å²) < 4.78 is 1.85. The van der Waals surface area contributed by atoms with Crippen molar-refractivity contribution in [2.45, 2.75) is 18.9 Å². The summed E-state index contributed by atoms with van der Waals surface area (Å²) >= 11 is 6.03. The second-order valence-corrected chi connectivity index (χ2v) is 6.52. The molecule has 0 saturated carbocycles. The Bertz CT molecular complexity index is 710. The van der Waals surface area contributed by atoms with Gasteiger partial charge in [-0.2, -0.15) is 0 Å². The van der Waals surface area contributed by atoms with Crippen LogP contribution in [0.25, 0.3) is 6.08 Å². The molecule has 0 bridgehead atoms. The molecular weight excluding hydrogens is 340 g/mol. The molecular formula is C14H12N2O5S2-2. The van der Waals surface area contributed by atoms with E-state index >= 15 is 0 Å². The zero-order valence-electron chi connectivity index (χ0n) is 12.1. The summed E-state index contributed by atoms with van der Waals surface area (Å²) in [6, 6.07) is 2.16. The van der Waals surface area contributed by atoms with E-state index in [0.717, 1.165) is 22.4 Å². The van der Waals surface area contributed by atoms with E-state index in [4.69, 9.17) is 12.2 Å². The van der Waals surface area contributed by atoms with Gasteiger partial charge in [0.2, 0.25) is 0 Å². The quantitative estimate of drug-likeness (QED) is 0.471. The molecule has 9 heteroatoms. The van der Waals surface area contributed by atoms with Crippen LogP contribution >= 0.6 is 24.0 Å². The Morgan fingerprint density at radius 2 is 2.13 bits per heavy atom. The second kappa shape index (κ2) is 6.97. The summed E-state index contributed by atoms with van der Waals surface area (Å²) in [5, 5.41) is 21.8. The van der Waals surface area contributed by atoms with Gasteiger partial charge in [-0.1, -0.05) is 24.0 Å². The highest BCUT2D eigenvalue weighted by Crippen LogP contribution is 2.34. The van der Waals surface area contributed by atoms with Crippen molar-refractivity contribution in [2.75, 3.05) is 0 Å². The number of carboxylic acids is 2. The number of nitrogens with zero attached hydrogens (tertiary/aromatic N) is 2. The Morgan fingerprint density at radius 1 is 1.43 bits per heavy atom. The number of carbonyl (C=O) groups is 3. The van der Waals surface area contributed by atoms with Gasteiger partial charge >= 0.3 is 0 Å². The first-order valence-electron chi connectivity index (χ1n) is 6.60. The van der Waals surface area contributed by atoms with Crippen molar-refractivity contribution in [1.82, 2.24) is 9.47 Å². The molecule has 1 aliphatic heterocycles. The molecule has 0 unspecified atom stereocenters. The lowest BCUT2D eigenvalue weighted by Gasteiger charge is -2.27. The molecule has 23 heavy (non-hydrogen) atoms. The van der Waals surface area contributed by atoms with Crippen molar-refractivity contribution in [3.05, 3.63) is 28.9 Å². The van der Waals surface area contributed by atoms with Crippen LogP contribution in [0.1, 0.15) is 18.5 Å². The van der Waals surface area contributed by atoms with Crippen LogP contribution < -0.4 is 10.2 Å². The fourth-order valence-electron chi connectivity index (χ4n) is 2.11. The molecule has 0 aliphatic carbocycles. The predicted octanol–water partition coefficient (Wildman–Crippen LogP) is -1.13. The van der Waals surface area contributed by atoms with Gasteiger partial charge < -0.3 is 24.4 Å². The summed E-state index contributed by atoms with van der Waals surface area (Å²) in [5.74, 6) is -3.53. The molecule has 1 aromatic rings. The second-order valence-electron chi connectivity index (χ2n) is 4.84. The van der Waals surface area contributed by atoms with Gasteiger partial charge in [0.25, 0.3) is 5.91 Å². The highest BCUT2D eigenvalue weighted by atomic mass is 32.2. The molecule has 1 saturated heterocycles. The molecule has 1 aliphatic rings. The average molecular weight is 352 g/mol. The van der Waals surface area contributed by atoms with E-state index in [1.165, 1.54) is 0 Å². The van der Waals surface area contributed by atoms with Gasteiger partial charge in [-0.05, 0) is 31.1 Å². The Kier molecular flexibility index (Phi) is 5.22. The summed E-state index contributed by atoms with van der Waals surface area (Å²) in [5.41, 5.74) is 0.755. The highest BCUT2D eigenvalue weighted by molar-refractivity contribution is 8.26. The largest absolute Gasteiger partial charge is 0.550 e. The predicted molar refractivity (Wildman–Crippen MR) is 83.5 cm³/mol. The van der Waals surface area contributed by atoms with Crippen LogP contribution in [-0.2, 0) is 21.4 Å². The molecule has 0 aromatic carbocycles. The van der Waals surface area contributed by atoms with Crippen molar-refractivity contribution >= 4 is 52.2 Å². The van der Waals surface area contributed by atoms with E-state index in [1.54, 1.807) is 36.0 Å². The maximum atomic E-state index is 12.4. The number of carbonyl (C=O) groups excluding carboxylic acids is 3. The topological polar surface area (TPSA) is 106 Å². The van der Waals surface area contributed by atoms with E-state index in [9.17, 15) is 24.6 Å². The fraction of sp³-hybridized carbons (Fsp3) is 0.286. The normalized spacial score (nSPS) is 17.8. The monoisotopic (exact) mass is 352 g/mol. The molecule has 2 rings (SSSR count). The van der Waals surface area contributed by atoms with E-state index in [2.05, 4.69) is 0 Å². The van der Waals surface area contributed by atoms with Crippen LogP contribution in [0.15, 0.2) is 23.2 Å². The minimum Gasteiger partial charge on any atom is -0.550 e. The number of hydrogen-bond acceptors (Lipinski definition) is 7. The molecule has 2 heterocycles. The Hall–Kier alpha value is -2.13. The van der Waals surface area contributed by atoms with E-state index in [0.29, 0.717) is 0 Å². The Balaban J connectivity index is 2.26. The van der Waals surface area contributed by atoms with Crippen LogP contribution in [0.4, 0.5) is 0 Å². The van der Waals surface area contributed by atoms with Gasteiger partial charge in [0, 0.05) is 24.9 Å². The van der Waals surface area contributed by atoms with Gasteiger partial charge in [-0.3, -0.25) is 9.69 Å². The smallest absolute Gasteiger partial charge is 0.266 e. The van der Waals surface area contributed by atoms with Gasteiger partial charge in [-0.25, -0.2) is 0 Å². The van der Waals surface area contributed by atoms with Crippen molar-refractivity contribution in [1.29, 1.82) is 0 Å². The number of thioether (sulfide) groups is 1. The minimum absolute atomic E-state index is 0.0583. The van der Waals surface area contributed by atoms with Crippen LogP contribution in [0.2, 0.25) is 0 Å². The molecule has 1 fully saturated rings. The van der Waals surface area contributed by atoms with Crippen LogP contribution in [0, 0.1) is 0 Å². The van der Waals surface area contributed by atoms with Crippen molar-refractivity contribution in [3.8, 4) is 0 Å². The lowest BCUT2D eigenvalue weighted by molar-refractivity contribution is -0.311. The number of hydrogen-bond donors (Lipinski definition) is 0. The molecule has 0 spiro atoms. The maximum Gasteiger partial charge on any atom is 0.266 e. The number of thiocarbonyl (C=S) groups is 1. The molecule has 1 aromatic heterocycles. The highest BCUT2D eigenvalue weighted by Gasteiger charge is 2.37. The van der Waals surface area contributed by atoms with Crippen molar-refractivity contribution in [3.63, 3.8) is 0 Å².